The van der Waals surface area contributed by atoms with Gasteiger partial charge in [0.2, 0.25) is 10.0 Å². The number of carboxylic acid groups (broad SMARTS) is 1. The second kappa shape index (κ2) is 6.48. The monoisotopic (exact) mass is 386 g/mol. The molecule has 1 N–H and O–H groups in total. The van der Waals surface area contributed by atoms with Gasteiger partial charge >= 0.3 is 17.8 Å². The van der Waals surface area contributed by atoms with Crippen LogP contribution in [-0.2, 0) is 26.1 Å². The predicted octanol–water partition coefficient (Wildman–Crippen LogP) is 1.38. The van der Waals surface area contributed by atoms with E-state index in [9.17, 15) is 22.8 Å². The maximum Gasteiger partial charge on any atom is 0.428 e. The van der Waals surface area contributed by atoms with Gasteiger partial charge < -0.3 is 14.3 Å². The van der Waals surface area contributed by atoms with Crippen molar-refractivity contribution in [1.29, 1.82) is 0 Å². The number of carbonyl (C=O) groups is 2. The normalized spacial score (nSPS) is 12.2. The number of benzene rings is 1. The summed E-state index contributed by atoms with van der Waals surface area (Å²) < 4.78 is 35.5. The Morgan fingerprint density at radius 1 is 1.31 bits per heavy atom. The van der Waals surface area contributed by atoms with Gasteiger partial charge in [-0.05, 0) is 32.9 Å². The second-order valence-corrected chi connectivity index (χ2v) is 8.34. The molecule has 10 nitrogen and oxygen atoms in total. The molecule has 1 heterocycles. The lowest BCUT2D eigenvalue weighted by Crippen LogP contribution is -2.40. The van der Waals surface area contributed by atoms with Crippen LogP contribution in [0.3, 0.4) is 0 Å². The minimum absolute atomic E-state index is 0.0639. The number of aromatic nitrogens is 1. The van der Waals surface area contributed by atoms with Crippen LogP contribution in [0.15, 0.2) is 27.4 Å². The van der Waals surface area contributed by atoms with Crippen molar-refractivity contribution < 1.29 is 32.3 Å². The van der Waals surface area contributed by atoms with Gasteiger partial charge in [0.1, 0.15) is 12.1 Å². The molecule has 0 fully saturated rings. The molecule has 0 saturated carbocycles. The molecule has 0 bridgehead atoms. The molecule has 1 amide bonds. The van der Waals surface area contributed by atoms with E-state index in [2.05, 4.69) is 0 Å². The first-order valence-corrected chi connectivity index (χ1v) is 9.23. The van der Waals surface area contributed by atoms with Gasteiger partial charge in [-0.25, -0.2) is 18.0 Å². The van der Waals surface area contributed by atoms with E-state index >= 15 is 0 Å². The molecular formula is C15H18N2O8S. The fraction of sp³-hybridized carbons (Fsp3) is 0.400. The Morgan fingerprint density at radius 3 is 2.42 bits per heavy atom. The summed E-state index contributed by atoms with van der Waals surface area (Å²) in [6, 6.07) is 3.70. The Balaban J connectivity index is 2.57. The molecule has 2 aromatic rings. The number of anilines is 1. The molecule has 0 aliphatic heterocycles. The van der Waals surface area contributed by atoms with Gasteiger partial charge in [-0.2, -0.15) is 4.31 Å². The van der Waals surface area contributed by atoms with Gasteiger partial charge in [0.15, 0.2) is 5.58 Å². The van der Waals surface area contributed by atoms with Gasteiger partial charge in [0.05, 0.1) is 17.5 Å². The van der Waals surface area contributed by atoms with E-state index in [1.807, 2.05) is 0 Å². The van der Waals surface area contributed by atoms with Crippen LogP contribution < -0.4 is 10.1 Å². The minimum atomic E-state index is -4.04. The largest absolute Gasteiger partial charge is 0.480 e. The molecule has 0 saturated heterocycles. The maximum absolute atomic E-state index is 12.3. The summed E-state index contributed by atoms with van der Waals surface area (Å²) in [5, 5.41) is 8.85. The van der Waals surface area contributed by atoms with Crippen LogP contribution in [0.2, 0.25) is 0 Å². The third-order valence-electron chi connectivity index (χ3n) is 3.07. The fourth-order valence-electron chi connectivity index (χ4n) is 2.20. The maximum atomic E-state index is 12.3. The molecule has 0 aliphatic rings. The summed E-state index contributed by atoms with van der Waals surface area (Å²) in [4.78, 5) is 34.9. The van der Waals surface area contributed by atoms with Crippen molar-refractivity contribution in [3.8, 4) is 0 Å². The van der Waals surface area contributed by atoms with Gasteiger partial charge in [-0.1, -0.05) is 0 Å². The number of aliphatic carboxylic acids is 1. The number of fused-ring (bicyclic) bond motifs is 1. The van der Waals surface area contributed by atoms with Crippen LogP contribution >= 0.6 is 0 Å². The number of hydrogen-bond donors (Lipinski definition) is 1. The van der Waals surface area contributed by atoms with Gasteiger partial charge in [0.25, 0.3) is 0 Å². The average Bonchev–Trinajstić information content (AvgIpc) is 2.70. The molecule has 11 heteroatoms. The topological polar surface area (TPSA) is 136 Å². The number of carbonyl (C=O) groups excluding carboxylic acids is 1. The summed E-state index contributed by atoms with van der Waals surface area (Å²) in [6.45, 7) is 4.13. The quantitative estimate of drug-likeness (QED) is 0.832. The third kappa shape index (κ3) is 4.23. The number of sulfonamides is 1. The Hall–Kier alpha value is -2.82. The summed E-state index contributed by atoms with van der Waals surface area (Å²) in [7, 11) is -4.04. The summed E-state index contributed by atoms with van der Waals surface area (Å²) >= 11 is 0. The lowest BCUT2D eigenvalue weighted by molar-refractivity contribution is -0.137. The third-order valence-corrected chi connectivity index (χ3v) is 4.09. The van der Waals surface area contributed by atoms with Crippen LogP contribution in [-0.4, -0.2) is 42.0 Å². The van der Waals surface area contributed by atoms with Crippen molar-refractivity contribution in [2.45, 2.75) is 32.9 Å². The zero-order valence-electron chi connectivity index (χ0n) is 14.5. The van der Waals surface area contributed by atoms with E-state index < -0.39 is 40.0 Å². The van der Waals surface area contributed by atoms with Crippen molar-refractivity contribution in [2.75, 3.05) is 10.6 Å². The van der Waals surface area contributed by atoms with E-state index in [0.717, 1.165) is 16.9 Å². The zero-order chi connectivity index (χ0) is 19.9. The van der Waals surface area contributed by atoms with Crippen LogP contribution in [0.5, 0.6) is 0 Å². The van der Waals surface area contributed by atoms with Gasteiger partial charge in [-0.15, -0.1) is 0 Å². The first kappa shape index (κ1) is 19.5. The summed E-state index contributed by atoms with van der Waals surface area (Å²) in [5.41, 5.74) is -0.947. The van der Waals surface area contributed by atoms with Crippen LogP contribution in [0.25, 0.3) is 11.1 Å². The van der Waals surface area contributed by atoms with Crippen molar-refractivity contribution in [1.82, 2.24) is 4.57 Å². The lowest BCUT2D eigenvalue weighted by atomic mass is 10.2. The smallest absolute Gasteiger partial charge is 0.428 e. The zero-order valence-corrected chi connectivity index (χ0v) is 15.4. The summed E-state index contributed by atoms with van der Waals surface area (Å²) in [5.74, 6) is -2.16. The molecule has 2 rings (SSSR count). The van der Waals surface area contributed by atoms with Crippen molar-refractivity contribution >= 4 is 38.9 Å². The molecule has 1 aromatic heterocycles. The highest BCUT2D eigenvalue weighted by atomic mass is 32.2. The molecule has 26 heavy (non-hydrogen) atoms. The molecule has 1 aromatic carbocycles. The number of rotatable bonds is 4. The molecule has 0 atom stereocenters. The molecule has 0 spiro atoms. The minimum Gasteiger partial charge on any atom is -0.480 e. The first-order valence-electron chi connectivity index (χ1n) is 7.38. The van der Waals surface area contributed by atoms with Crippen LogP contribution in [0, 0.1) is 0 Å². The van der Waals surface area contributed by atoms with E-state index in [4.69, 9.17) is 14.3 Å². The highest BCUT2D eigenvalue weighted by molar-refractivity contribution is 7.92. The van der Waals surface area contributed by atoms with Gasteiger partial charge in [-0.3, -0.25) is 9.36 Å². The first-order chi connectivity index (χ1) is 11.8. The predicted molar refractivity (Wildman–Crippen MR) is 91.7 cm³/mol. The lowest BCUT2D eigenvalue weighted by Gasteiger charge is -2.25. The average molecular weight is 386 g/mol. The van der Waals surface area contributed by atoms with E-state index in [1.165, 1.54) is 12.1 Å². The molecular weight excluding hydrogens is 368 g/mol. The molecule has 0 aliphatic carbocycles. The van der Waals surface area contributed by atoms with Crippen molar-refractivity contribution in [2.24, 2.45) is 0 Å². The van der Waals surface area contributed by atoms with E-state index in [1.54, 1.807) is 20.8 Å². The highest BCUT2D eigenvalue weighted by Gasteiger charge is 2.31. The number of amides is 1. The molecule has 0 unspecified atom stereocenters. The number of oxazole rings is 1. The summed E-state index contributed by atoms with van der Waals surface area (Å²) in [6.07, 6.45) is -0.293. The van der Waals surface area contributed by atoms with Crippen molar-refractivity contribution in [3.05, 3.63) is 28.7 Å². The standard InChI is InChI=1S/C15H18N2O8S/c1-15(2,3)25-14(21)17(26(4,22)23)9-5-6-10-11(7-9)24-13(20)16(10)8-12(18)19/h5-7H,8H2,1-4H3,(H,18,19). The van der Waals surface area contributed by atoms with Gasteiger partial charge in [0, 0.05) is 6.07 Å². The Morgan fingerprint density at radius 2 is 1.92 bits per heavy atom. The number of hydrogen-bond acceptors (Lipinski definition) is 7. The number of carboxylic acids is 1. The number of ether oxygens (including phenoxy) is 1. The number of nitrogens with zero attached hydrogens (tertiary/aromatic N) is 2. The Labute approximate surface area is 148 Å². The van der Waals surface area contributed by atoms with E-state index in [0.29, 0.717) is 4.31 Å². The van der Waals surface area contributed by atoms with Crippen LogP contribution in [0.4, 0.5) is 10.5 Å². The van der Waals surface area contributed by atoms with Crippen LogP contribution in [0.1, 0.15) is 20.8 Å². The molecule has 142 valence electrons. The fourth-order valence-corrected chi connectivity index (χ4v) is 3.01. The van der Waals surface area contributed by atoms with E-state index in [-0.39, 0.29) is 16.8 Å². The molecule has 0 radical (unpaired) electrons. The Kier molecular flexibility index (Phi) is 4.86. The SMILES string of the molecule is CC(C)(C)OC(=O)N(c1ccc2c(c1)oc(=O)n2CC(=O)O)S(C)(=O)=O. The Bertz CT molecular complexity index is 1030. The second-order valence-electron chi connectivity index (χ2n) is 6.51. The highest BCUT2D eigenvalue weighted by Crippen LogP contribution is 2.25. The van der Waals surface area contributed by atoms with Crippen molar-refractivity contribution in [3.63, 3.8) is 0 Å².